The molecule has 132 valence electrons. The van der Waals surface area contributed by atoms with Crippen LogP contribution in [0.3, 0.4) is 0 Å². The van der Waals surface area contributed by atoms with E-state index in [1.807, 2.05) is 11.0 Å². The lowest BCUT2D eigenvalue weighted by atomic mass is 9.91. The summed E-state index contributed by atoms with van der Waals surface area (Å²) < 4.78 is 13.3. The van der Waals surface area contributed by atoms with Crippen LogP contribution in [0.25, 0.3) is 0 Å². The number of halogens is 1. The fraction of sp³-hybridized carbons (Fsp3) is 0.400. The fourth-order valence-corrected chi connectivity index (χ4v) is 4.22. The second kappa shape index (κ2) is 7.91. The molecule has 5 heteroatoms. The molecular weight excluding hydrogens is 337 g/mol. The highest BCUT2D eigenvalue weighted by molar-refractivity contribution is 7.15. The highest BCUT2D eigenvalue weighted by Crippen LogP contribution is 2.25. The number of likely N-dealkylation sites (tertiary alicyclic amines) is 1. The van der Waals surface area contributed by atoms with Crippen molar-refractivity contribution in [2.24, 2.45) is 5.92 Å². The first-order valence-corrected chi connectivity index (χ1v) is 9.49. The van der Waals surface area contributed by atoms with Crippen molar-refractivity contribution >= 4 is 23.0 Å². The van der Waals surface area contributed by atoms with Gasteiger partial charge in [0.15, 0.2) is 5.78 Å². The van der Waals surface area contributed by atoms with Gasteiger partial charge < -0.3 is 4.90 Å². The molecule has 0 bridgehead atoms. The summed E-state index contributed by atoms with van der Waals surface area (Å²) in [6.07, 6.45) is 3.88. The Morgan fingerprint density at radius 1 is 1.24 bits per heavy atom. The van der Waals surface area contributed by atoms with E-state index in [2.05, 4.69) is 0 Å². The van der Waals surface area contributed by atoms with Crippen LogP contribution in [0.1, 0.15) is 51.1 Å². The highest BCUT2D eigenvalue weighted by atomic mass is 32.1. The molecule has 0 saturated carbocycles. The Hall–Kier alpha value is -2.01. The van der Waals surface area contributed by atoms with E-state index in [4.69, 9.17) is 0 Å². The van der Waals surface area contributed by atoms with E-state index >= 15 is 0 Å². The van der Waals surface area contributed by atoms with Gasteiger partial charge in [-0.05, 0) is 68.4 Å². The topological polar surface area (TPSA) is 37.4 Å². The molecule has 0 aliphatic carbocycles. The van der Waals surface area contributed by atoms with Crippen LogP contribution in [-0.2, 0) is 6.42 Å². The molecule has 1 saturated heterocycles. The summed E-state index contributed by atoms with van der Waals surface area (Å²) in [5.74, 6) is 0.258. The lowest BCUT2D eigenvalue weighted by Gasteiger charge is -2.32. The summed E-state index contributed by atoms with van der Waals surface area (Å²) in [6, 6.07) is 10.2. The highest BCUT2D eigenvalue weighted by Gasteiger charge is 2.25. The van der Waals surface area contributed by atoms with Crippen molar-refractivity contribution in [1.29, 1.82) is 0 Å². The van der Waals surface area contributed by atoms with Crippen LogP contribution in [0, 0.1) is 11.7 Å². The molecule has 1 aromatic carbocycles. The van der Waals surface area contributed by atoms with Crippen molar-refractivity contribution in [1.82, 2.24) is 4.90 Å². The number of carbonyl (C=O) groups is 2. The second-order valence-electron chi connectivity index (χ2n) is 6.65. The number of hydrogen-bond acceptors (Lipinski definition) is 3. The predicted molar refractivity (Wildman–Crippen MR) is 97.7 cm³/mol. The third-order valence-corrected chi connectivity index (χ3v) is 5.87. The zero-order valence-electron chi connectivity index (χ0n) is 14.3. The summed E-state index contributed by atoms with van der Waals surface area (Å²) in [4.78, 5) is 27.2. The molecule has 1 unspecified atom stereocenters. The van der Waals surface area contributed by atoms with Crippen LogP contribution in [-0.4, -0.2) is 29.7 Å². The SMILES string of the molecule is CC(=O)c1ccc(C(=O)N2CCCC(CCc3cccc(F)c3)C2)s1. The molecule has 1 aliphatic heterocycles. The Kier molecular flexibility index (Phi) is 5.63. The number of aryl methyl sites for hydroxylation is 1. The van der Waals surface area contributed by atoms with Gasteiger partial charge in [-0.3, -0.25) is 9.59 Å². The molecule has 1 aromatic heterocycles. The summed E-state index contributed by atoms with van der Waals surface area (Å²) in [5, 5.41) is 0. The molecule has 0 radical (unpaired) electrons. The van der Waals surface area contributed by atoms with Gasteiger partial charge in [0.05, 0.1) is 9.75 Å². The minimum Gasteiger partial charge on any atom is -0.338 e. The van der Waals surface area contributed by atoms with Crippen LogP contribution in [0.2, 0.25) is 0 Å². The Labute approximate surface area is 151 Å². The van der Waals surface area contributed by atoms with Crippen LogP contribution in [0.5, 0.6) is 0 Å². The first-order valence-electron chi connectivity index (χ1n) is 8.67. The summed E-state index contributed by atoms with van der Waals surface area (Å²) >= 11 is 1.27. The molecule has 25 heavy (non-hydrogen) atoms. The van der Waals surface area contributed by atoms with E-state index in [0.29, 0.717) is 15.7 Å². The molecule has 1 atom stereocenters. The molecule has 1 amide bonds. The van der Waals surface area contributed by atoms with E-state index in [1.54, 1.807) is 24.3 Å². The second-order valence-corrected chi connectivity index (χ2v) is 7.73. The van der Waals surface area contributed by atoms with Crippen LogP contribution >= 0.6 is 11.3 Å². The van der Waals surface area contributed by atoms with Gasteiger partial charge in [-0.25, -0.2) is 4.39 Å². The standard InChI is InChI=1S/C20H22FNO2S/c1-14(23)18-9-10-19(25-18)20(24)22-11-3-5-16(13-22)8-7-15-4-2-6-17(21)12-15/h2,4,6,9-10,12,16H,3,5,7-8,11,13H2,1H3. The van der Waals surface area contributed by atoms with Crippen molar-refractivity contribution < 1.29 is 14.0 Å². The third-order valence-electron chi connectivity index (χ3n) is 4.70. The van der Waals surface area contributed by atoms with Gasteiger partial charge in [0.1, 0.15) is 5.82 Å². The van der Waals surface area contributed by atoms with Crippen molar-refractivity contribution in [2.45, 2.75) is 32.6 Å². The molecule has 2 aromatic rings. The number of benzene rings is 1. The number of piperidine rings is 1. The Morgan fingerprint density at radius 2 is 2.04 bits per heavy atom. The van der Waals surface area contributed by atoms with Crippen molar-refractivity contribution in [3.05, 3.63) is 57.5 Å². The summed E-state index contributed by atoms with van der Waals surface area (Å²) in [7, 11) is 0. The number of rotatable bonds is 5. The number of Topliss-reactive ketones (excluding diaryl/α,β-unsaturated/α-hetero) is 1. The Balaban J connectivity index is 1.58. The van der Waals surface area contributed by atoms with E-state index in [9.17, 15) is 14.0 Å². The molecule has 1 aliphatic rings. The maximum Gasteiger partial charge on any atom is 0.263 e. The maximum atomic E-state index is 13.3. The third kappa shape index (κ3) is 4.54. The minimum absolute atomic E-state index is 0.00401. The lowest BCUT2D eigenvalue weighted by molar-refractivity contribution is 0.0673. The fourth-order valence-electron chi connectivity index (χ4n) is 3.35. The Morgan fingerprint density at radius 3 is 2.76 bits per heavy atom. The molecule has 3 nitrogen and oxygen atoms in total. The van der Waals surface area contributed by atoms with Gasteiger partial charge in [-0.1, -0.05) is 12.1 Å². The van der Waals surface area contributed by atoms with Gasteiger partial charge in [0.2, 0.25) is 0 Å². The largest absolute Gasteiger partial charge is 0.338 e. The zero-order chi connectivity index (χ0) is 17.8. The monoisotopic (exact) mass is 359 g/mol. The smallest absolute Gasteiger partial charge is 0.263 e. The minimum atomic E-state index is -0.197. The lowest BCUT2D eigenvalue weighted by Crippen LogP contribution is -2.39. The number of carbonyl (C=O) groups excluding carboxylic acids is 2. The normalized spacial score (nSPS) is 17.5. The zero-order valence-corrected chi connectivity index (χ0v) is 15.2. The molecule has 2 heterocycles. The molecule has 1 fully saturated rings. The number of ketones is 1. The van der Waals surface area contributed by atoms with Crippen molar-refractivity contribution in [3.8, 4) is 0 Å². The van der Waals surface area contributed by atoms with Crippen molar-refractivity contribution in [2.75, 3.05) is 13.1 Å². The van der Waals surface area contributed by atoms with Crippen molar-refractivity contribution in [3.63, 3.8) is 0 Å². The van der Waals surface area contributed by atoms with E-state index in [0.717, 1.165) is 44.3 Å². The van der Waals surface area contributed by atoms with E-state index in [1.165, 1.54) is 24.3 Å². The summed E-state index contributed by atoms with van der Waals surface area (Å²) in [6.45, 7) is 3.02. The number of amides is 1. The number of hydrogen-bond donors (Lipinski definition) is 0. The number of nitrogens with zero attached hydrogens (tertiary/aromatic N) is 1. The van der Waals surface area contributed by atoms with Gasteiger partial charge in [-0.2, -0.15) is 0 Å². The number of thiophene rings is 1. The van der Waals surface area contributed by atoms with Gasteiger partial charge >= 0.3 is 0 Å². The molecule has 3 rings (SSSR count). The van der Waals surface area contributed by atoms with E-state index < -0.39 is 0 Å². The van der Waals surface area contributed by atoms with Crippen LogP contribution < -0.4 is 0 Å². The first kappa shape index (κ1) is 17.8. The predicted octanol–water partition coefficient (Wildman–Crippen LogP) is 4.57. The quantitative estimate of drug-likeness (QED) is 0.733. The van der Waals surface area contributed by atoms with Gasteiger partial charge in [0.25, 0.3) is 5.91 Å². The Bertz CT molecular complexity index is 771. The average Bonchev–Trinajstić information content (AvgIpc) is 3.10. The first-order chi connectivity index (χ1) is 12.0. The van der Waals surface area contributed by atoms with E-state index in [-0.39, 0.29) is 17.5 Å². The maximum absolute atomic E-state index is 13.3. The van der Waals surface area contributed by atoms with Crippen LogP contribution in [0.15, 0.2) is 36.4 Å². The van der Waals surface area contributed by atoms with Gasteiger partial charge in [-0.15, -0.1) is 11.3 Å². The molecule has 0 N–H and O–H groups in total. The summed E-state index contributed by atoms with van der Waals surface area (Å²) in [5.41, 5.74) is 1.01. The molecule has 0 spiro atoms. The van der Waals surface area contributed by atoms with Crippen LogP contribution in [0.4, 0.5) is 4.39 Å². The van der Waals surface area contributed by atoms with Gasteiger partial charge in [0, 0.05) is 13.1 Å². The average molecular weight is 359 g/mol. The molecular formula is C20H22FNO2S.